The van der Waals surface area contributed by atoms with Crippen molar-refractivity contribution in [3.63, 3.8) is 0 Å². The van der Waals surface area contributed by atoms with Crippen LogP contribution < -0.4 is 25.3 Å². The van der Waals surface area contributed by atoms with Crippen LogP contribution >= 0.6 is 0 Å². The van der Waals surface area contributed by atoms with Crippen molar-refractivity contribution < 1.29 is 23.7 Å². The van der Waals surface area contributed by atoms with E-state index < -0.39 is 0 Å². The van der Waals surface area contributed by atoms with Crippen molar-refractivity contribution in [3.8, 4) is 23.0 Å². The Hall–Kier alpha value is -3.68. The molecule has 0 saturated carbocycles. The molecule has 8 heteroatoms. The van der Waals surface area contributed by atoms with Crippen LogP contribution in [0.1, 0.15) is 46.7 Å². The number of phenolic OH excluding ortho intramolecular Hbond substituents is 1. The lowest BCUT2D eigenvalue weighted by Crippen LogP contribution is -2.12. The number of hydrogen-bond donors (Lipinski definition) is 2. The smallest absolute Gasteiger partial charge is 0.339 e. The van der Waals surface area contributed by atoms with Gasteiger partial charge in [-0.3, -0.25) is 0 Å². The van der Waals surface area contributed by atoms with Gasteiger partial charge in [0.2, 0.25) is 0 Å². The van der Waals surface area contributed by atoms with E-state index in [1.165, 1.54) is 0 Å². The molecule has 2 aliphatic rings. The van der Waals surface area contributed by atoms with E-state index in [1.807, 2.05) is 19.1 Å². The van der Waals surface area contributed by atoms with Gasteiger partial charge in [-0.15, -0.1) is 0 Å². The highest BCUT2D eigenvalue weighted by atomic mass is 16.5. The van der Waals surface area contributed by atoms with Crippen LogP contribution in [-0.2, 0) is 12.8 Å². The zero-order chi connectivity index (χ0) is 23.3. The van der Waals surface area contributed by atoms with Gasteiger partial charge >= 0.3 is 5.63 Å². The van der Waals surface area contributed by atoms with Crippen molar-refractivity contribution in [2.75, 3.05) is 21.3 Å². The quantitative estimate of drug-likeness (QED) is 0.571. The lowest BCUT2D eigenvalue weighted by atomic mass is 9.92. The average Bonchev–Trinajstić information content (AvgIpc) is 3.48. The van der Waals surface area contributed by atoms with Crippen LogP contribution in [0.4, 0.5) is 0 Å². The minimum atomic E-state index is -0.304. The monoisotopic (exact) mass is 450 g/mol. The first-order chi connectivity index (χ1) is 16.0. The largest absolute Gasteiger partial charge is 0.506 e. The molecule has 2 N–H and O–H groups in total. The fraction of sp³-hybridized carbons (Fsp3) is 0.360. The zero-order valence-corrected chi connectivity index (χ0v) is 19.1. The molecule has 2 aromatic carbocycles. The molecule has 0 fully saturated rings. The molecule has 0 radical (unpaired) electrons. The van der Waals surface area contributed by atoms with Gasteiger partial charge in [0.25, 0.3) is 0 Å². The summed E-state index contributed by atoms with van der Waals surface area (Å²) in [6, 6.07) is 5.31. The summed E-state index contributed by atoms with van der Waals surface area (Å²) in [7, 11) is 4.77. The van der Waals surface area contributed by atoms with Crippen LogP contribution in [0.3, 0.4) is 0 Å². The molecular formula is C25H26N2O6. The summed E-state index contributed by atoms with van der Waals surface area (Å²) in [6.45, 7) is 1.88. The summed E-state index contributed by atoms with van der Waals surface area (Å²) in [5.74, 6) is 1.95. The van der Waals surface area contributed by atoms with Crippen LogP contribution in [0, 0.1) is 6.92 Å². The molecule has 1 aromatic heterocycles. The average molecular weight is 450 g/mol. The molecule has 33 heavy (non-hydrogen) atoms. The number of fused-ring (bicyclic) bond motifs is 3. The molecule has 0 saturated heterocycles. The molecule has 5 rings (SSSR count). The van der Waals surface area contributed by atoms with Crippen molar-refractivity contribution in [1.29, 1.82) is 0 Å². The summed E-state index contributed by atoms with van der Waals surface area (Å²) in [6.07, 6.45) is 2.85. The summed E-state index contributed by atoms with van der Waals surface area (Å²) < 4.78 is 22.0. The topological polar surface area (TPSA) is 103 Å². The Morgan fingerprint density at radius 2 is 1.73 bits per heavy atom. The van der Waals surface area contributed by atoms with E-state index in [0.717, 1.165) is 35.2 Å². The van der Waals surface area contributed by atoms with Gasteiger partial charge in [0.15, 0.2) is 11.5 Å². The maximum Gasteiger partial charge on any atom is 0.339 e. The van der Waals surface area contributed by atoms with Crippen molar-refractivity contribution in [2.45, 2.75) is 38.6 Å². The highest BCUT2D eigenvalue weighted by Crippen LogP contribution is 2.42. The maximum absolute atomic E-state index is 12.3. The first-order valence-electron chi connectivity index (χ1n) is 10.9. The van der Waals surface area contributed by atoms with Gasteiger partial charge in [0, 0.05) is 29.2 Å². The number of nitrogens with zero attached hydrogens (tertiary/aromatic N) is 1. The number of aromatic hydroxyl groups is 1. The number of phenols is 1. The Morgan fingerprint density at radius 1 is 1.03 bits per heavy atom. The standard InChI is InChI=1S/C25H26N2O6/c1-12-8-21-23(13-6-5-7-14(13)25(29)33-21)24(28)22(12)17-10-16(26-27-17)15-9-19(31-3)20(32-4)11-18(15)30-2/h8-9,11,16,26,28H,5-7,10H2,1-4H3/t16-/m1/s1. The molecule has 172 valence electrons. The number of rotatable bonds is 5. The normalized spacial score (nSPS) is 17.0. The number of nitrogens with one attached hydrogen (secondary N) is 1. The van der Waals surface area contributed by atoms with E-state index in [1.54, 1.807) is 27.4 Å². The number of ether oxygens (including phenoxy) is 3. The Morgan fingerprint density at radius 3 is 2.45 bits per heavy atom. The summed E-state index contributed by atoms with van der Waals surface area (Å²) in [5.41, 5.74) is 7.92. The van der Waals surface area contributed by atoms with E-state index in [0.29, 0.717) is 52.2 Å². The predicted octanol–water partition coefficient (Wildman–Crippen LogP) is 3.76. The van der Waals surface area contributed by atoms with Gasteiger partial charge in [-0.05, 0) is 49.4 Å². The van der Waals surface area contributed by atoms with E-state index in [4.69, 9.17) is 18.6 Å². The predicted molar refractivity (Wildman–Crippen MR) is 124 cm³/mol. The molecule has 0 amide bonds. The summed E-state index contributed by atoms with van der Waals surface area (Å²) >= 11 is 0. The van der Waals surface area contributed by atoms with E-state index in [2.05, 4.69) is 10.5 Å². The molecule has 1 aliphatic carbocycles. The Kier molecular flexibility index (Phi) is 5.15. The van der Waals surface area contributed by atoms with Crippen LogP contribution in [0.2, 0.25) is 0 Å². The number of aryl methyl sites for hydroxylation is 2. The highest BCUT2D eigenvalue weighted by Gasteiger charge is 2.30. The third-order valence-electron chi connectivity index (χ3n) is 6.58. The van der Waals surface area contributed by atoms with Gasteiger partial charge in [-0.25, -0.2) is 4.79 Å². The van der Waals surface area contributed by atoms with Crippen LogP contribution in [0.15, 0.2) is 32.5 Å². The van der Waals surface area contributed by atoms with Crippen LogP contribution in [-0.4, -0.2) is 32.1 Å². The zero-order valence-electron chi connectivity index (χ0n) is 19.1. The fourth-order valence-electron chi connectivity index (χ4n) is 5.02. The van der Waals surface area contributed by atoms with E-state index >= 15 is 0 Å². The second-order valence-electron chi connectivity index (χ2n) is 8.38. The first-order valence-corrected chi connectivity index (χ1v) is 10.9. The van der Waals surface area contributed by atoms with Crippen molar-refractivity contribution in [3.05, 3.63) is 56.4 Å². The fourth-order valence-corrected chi connectivity index (χ4v) is 5.02. The molecule has 2 heterocycles. The number of benzene rings is 2. The molecule has 3 aromatic rings. The number of hydrazone groups is 1. The first kappa shape index (κ1) is 21.2. The van der Waals surface area contributed by atoms with Crippen molar-refractivity contribution >= 4 is 16.7 Å². The van der Waals surface area contributed by atoms with Gasteiger partial charge < -0.3 is 29.2 Å². The van der Waals surface area contributed by atoms with Crippen molar-refractivity contribution in [1.82, 2.24) is 5.43 Å². The summed E-state index contributed by atoms with van der Waals surface area (Å²) in [4.78, 5) is 12.3. The maximum atomic E-state index is 12.3. The van der Waals surface area contributed by atoms with E-state index in [-0.39, 0.29) is 17.4 Å². The van der Waals surface area contributed by atoms with Gasteiger partial charge in [-0.2, -0.15) is 5.10 Å². The molecular weight excluding hydrogens is 424 g/mol. The van der Waals surface area contributed by atoms with Crippen LogP contribution in [0.25, 0.3) is 11.0 Å². The molecule has 0 bridgehead atoms. The van der Waals surface area contributed by atoms with E-state index in [9.17, 15) is 9.90 Å². The van der Waals surface area contributed by atoms with Crippen molar-refractivity contribution in [2.24, 2.45) is 5.10 Å². The lowest BCUT2D eigenvalue weighted by molar-refractivity contribution is 0.345. The lowest BCUT2D eigenvalue weighted by Gasteiger charge is -2.18. The Labute approximate surface area is 190 Å². The highest BCUT2D eigenvalue weighted by molar-refractivity contribution is 6.09. The third-order valence-corrected chi connectivity index (χ3v) is 6.58. The number of hydrogen-bond acceptors (Lipinski definition) is 8. The molecule has 0 spiro atoms. The van der Waals surface area contributed by atoms with Gasteiger partial charge in [-0.1, -0.05) is 0 Å². The minimum absolute atomic E-state index is 0.118. The molecule has 1 atom stereocenters. The third kappa shape index (κ3) is 3.28. The van der Waals surface area contributed by atoms with Gasteiger partial charge in [0.05, 0.1) is 38.5 Å². The minimum Gasteiger partial charge on any atom is -0.506 e. The Balaban J connectivity index is 1.56. The Bertz CT molecular complexity index is 1360. The summed E-state index contributed by atoms with van der Waals surface area (Å²) in [5, 5.41) is 16.5. The SMILES string of the molecule is COc1cc(OC)c([C@H]2CC(c3c(C)cc4oc(=O)c5c(c4c3O)CCC5)=NN2)cc1OC. The van der Waals surface area contributed by atoms with Crippen LogP contribution in [0.5, 0.6) is 23.0 Å². The second kappa shape index (κ2) is 8.03. The number of methoxy groups -OCH3 is 3. The van der Waals surface area contributed by atoms with Gasteiger partial charge in [0.1, 0.15) is 17.1 Å². The molecule has 8 nitrogen and oxygen atoms in total. The molecule has 0 unspecified atom stereocenters. The molecule has 1 aliphatic heterocycles. The second-order valence-corrected chi connectivity index (χ2v) is 8.38.